The lowest BCUT2D eigenvalue weighted by molar-refractivity contribution is 0.0938. The molecular formula is C13H15BrClNO. The predicted molar refractivity (Wildman–Crippen MR) is 73.6 cm³/mol. The maximum atomic E-state index is 12.0. The van der Waals surface area contributed by atoms with E-state index in [4.69, 9.17) is 11.6 Å². The van der Waals surface area contributed by atoms with Crippen LogP contribution >= 0.6 is 27.5 Å². The minimum atomic E-state index is -0.0295. The average Bonchev–Trinajstić information content (AvgIpc) is 2.68. The van der Waals surface area contributed by atoms with Crippen LogP contribution < -0.4 is 5.32 Å². The molecule has 2 atom stereocenters. The monoisotopic (exact) mass is 315 g/mol. The van der Waals surface area contributed by atoms with E-state index in [0.29, 0.717) is 5.56 Å². The molecular weight excluding hydrogens is 302 g/mol. The number of rotatable bonds is 2. The van der Waals surface area contributed by atoms with Crippen molar-refractivity contribution in [1.29, 1.82) is 0 Å². The van der Waals surface area contributed by atoms with Crippen LogP contribution in [0.25, 0.3) is 0 Å². The standard InChI is InChI=1S/C13H15BrClNO/c1-8-7-9(5-6-10(8)14)13(17)16-12-4-2-3-11(12)15/h5-7,11-12H,2-4H2,1H3,(H,16,17). The van der Waals surface area contributed by atoms with Gasteiger partial charge < -0.3 is 5.32 Å². The molecule has 4 heteroatoms. The van der Waals surface area contributed by atoms with Crippen molar-refractivity contribution in [3.8, 4) is 0 Å². The molecule has 2 unspecified atom stereocenters. The zero-order chi connectivity index (χ0) is 12.4. The molecule has 17 heavy (non-hydrogen) atoms. The van der Waals surface area contributed by atoms with Crippen molar-refractivity contribution in [2.24, 2.45) is 0 Å². The number of alkyl halides is 1. The van der Waals surface area contributed by atoms with Crippen molar-refractivity contribution in [2.45, 2.75) is 37.6 Å². The van der Waals surface area contributed by atoms with Crippen LogP contribution in [0.4, 0.5) is 0 Å². The molecule has 1 aliphatic carbocycles. The third-order valence-corrected chi connectivity index (χ3v) is 4.58. The fourth-order valence-corrected chi connectivity index (χ4v) is 2.70. The highest BCUT2D eigenvalue weighted by atomic mass is 79.9. The summed E-state index contributed by atoms with van der Waals surface area (Å²) in [6, 6.07) is 5.73. The van der Waals surface area contributed by atoms with Gasteiger partial charge in [-0.25, -0.2) is 0 Å². The van der Waals surface area contributed by atoms with E-state index in [9.17, 15) is 4.79 Å². The van der Waals surface area contributed by atoms with E-state index in [2.05, 4.69) is 21.2 Å². The number of carbonyl (C=O) groups excluding carboxylic acids is 1. The maximum Gasteiger partial charge on any atom is 0.251 e. The molecule has 1 aromatic rings. The van der Waals surface area contributed by atoms with Crippen molar-refractivity contribution in [3.05, 3.63) is 33.8 Å². The average molecular weight is 317 g/mol. The molecule has 92 valence electrons. The summed E-state index contributed by atoms with van der Waals surface area (Å²) in [4.78, 5) is 12.0. The predicted octanol–water partition coefficient (Wildman–Crippen LogP) is 3.65. The van der Waals surface area contributed by atoms with Gasteiger partial charge in [0.15, 0.2) is 0 Å². The normalized spacial score (nSPS) is 23.7. The smallest absolute Gasteiger partial charge is 0.251 e. The third kappa shape index (κ3) is 3.02. The van der Waals surface area contributed by atoms with Crippen molar-refractivity contribution >= 4 is 33.4 Å². The van der Waals surface area contributed by atoms with E-state index in [1.54, 1.807) is 0 Å². The Hall–Kier alpha value is -0.540. The van der Waals surface area contributed by atoms with Crippen molar-refractivity contribution in [3.63, 3.8) is 0 Å². The lowest BCUT2D eigenvalue weighted by Crippen LogP contribution is -2.37. The Morgan fingerprint density at radius 1 is 1.47 bits per heavy atom. The Morgan fingerprint density at radius 2 is 2.24 bits per heavy atom. The summed E-state index contributed by atoms with van der Waals surface area (Å²) in [6.45, 7) is 1.97. The number of benzene rings is 1. The Bertz CT molecular complexity index is 435. The zero-order valence-corrected chi connectivity index (χ0v) is 12.0. The summed E-state index contributed by atoms with van der Waals surface area (Å²) in [5.41, 5.74) is 1.76. The molecule has 2 rings (SSSR count). The number of hydrogen-bond acceptors (Lipinski definition) is 1. The SMILES string of the molecule is Cc1cc(C(=O)NC2CCCC2Cl)ccc1Br. The summed E-state index contributed by atoms with van der Waals surface area (Å²) < 4.78 is 1.02. The van der Waals surface area contributed by atoms with Gasteiger partial charge in [-0.1, -0.05) is 15.9 Å². The van der Waals surface area contributed by atoms with E-state index in [1.165, 1.54) is 0 Å². The first-order valence-electron chi connectivity index (χ1n) is 5.79. The van der Waals surface area contributed by atoms with E-state index in [1.807, 2.05) is 25.1 Å². The molecule has 0 heterocycles. The number of halogens is 2. The van der Waals surface area contributed by atoms with Gasteiger partial charge >= 0.3 is 0 Å². The first kappa shape index (κ1) is 12.9. The Labute approximate surface area is 115 Å². The van der Waals surface area contributed by atoms with Gasteiger partial charge in [0.1, 0.15) is 0 Å². The lowest BCUT2D eigenvalue weighted by atomic mass is 10.1. The Morgan fingerprint density at radius 3 is 2.82 bits per heavy atom. The topological polar surface area (TPSA) is 29.1 Å². The molecule has 2 nitrogen and oxygen atoms in total. The van der Waals surface area contributed by atoms with Gasteiger partial charge in [0.2, 0.25) is 0 Å². The summed E-state index contributed by atoms with van der Waals surface area (Å²) >= 11 is 9.57. The van der Waals surface area contributed by atoms with Crippen molar-refractivity contribution in [1.82, 2.24) is 5.32 Å². The van der Waals surface area contributed by atoms with Crippen molar-refractivity contribution < 1.29 is 4.79 Å². The lowest BCUT2D eigenvalue weighted by Gasteiger charge is -2.16. The summed E-state index contributed by atoms with van der Waals surface area (Å²) in [6.07, 6.45) is 3.07. The van der Waals surface area contributed by atoms with Crippen LogP contribution in [0.15, 0.2) is 22.7 Å². The van der Waals surface area contributed by atoms with Crippen molar-refractivity contribution in [2.75, 3.05) is 0 Å². The molecule has 1 aliphatic rings. The van der Waals surface area contributed by atoms with Crippen LogP contribution in [0.5, 0.6) is 0 Å². The fourth-order valence-electron chi connectivity index (χ4n) is 2.12. The first-order valence-corrected chi connectivity index (χ1v) is 7.02. The second kappa shape index (κ2) is 5.40. The van der Waals surface area contributed by atoms with Crippen LogP contribution in [0.2, 0.25) is 0 Å². The highest BCUT2D eigenvalue weighted by molar-refractivity contribution is 9.10. The van der Waals surface area contributed by atoms with Gasteiger partial charge in [-0.05, 0) is 49.9 Å². The second-order valence-electron chi connectivity index (χ2n) is 4.49. The fraction of sp³-hybridized carbons (Fsp3) is 0.462. The molecule has 0 aromatic heterocycles. The first-order chi connectivity index (χ1) is 8.08. The molecule has 0 saturated heterocycles. The highest BCUT2D eigenvalue weighted by Crippen LogP contribution is 2.24. The minimum Gasteiger partial charge on any atom is -0.348 e. The van der Waals surface area contributed by atoms with Gasteiger partial charge in [0.25, 0.3) is 5.91 Å². The maximum absolute atomic E-state index is 12.0. The molecule has 0 bridgehead atoms. The number of hydrogen-bond donors (Lipinski definition) is 1. The van der Waals surface area contributed by atoms with Crippen LogP contribution in [0, 0.1) is 6.92 Å². The van der Waals surface area contributed by atoms with E-state index < -0.39 is 0 Å². The molecule has 0 radical (unpaired) electrons. The van der Waals surface area contributed by atoms with Crippen LogP contribution in [-0.4, -0.2) is 17.3 Å². The van der Waals surface area contributed by atoms with Gasteiger partial charge in [-0.2, -0.15) is 0 Å². The van der Waals surface area contributed by atoms with Gasteiger partial charge in [0, 0.05) is 16.1 Å². The second-order valence-corrected chi connectivity index (χ2v) is 5.91. The van der Waals surface area contributed by atoms with Gasteiger partial charge in [-0.3, -0.25) is 4.79 Å². The molecule has 0 spiro atoms. The molecule has 1 fully saturated rings. The number of amides is 1. The molecule has 1 N–H and O–H groups in total. The van der Waals surface area contributed by atoms with Crippen LogP contribution in [-0.2, 0) is 0 Å². The minimum absolute atomic E-state index is 0.0295. The molecule has 1 amide bonds. The molecule has 1 saturated carbocycles. The van der Waals surface area contributed by atoms with Gasteiger partial charge in [0.05, 0.1) is 5.38 Å². The quantitative estimate of drug-likeness (QED) is 0.829. The Kier molecular flexibility index (Phi) is 4.10. The highest BCUT2D eigenvalue weighted by Gasteiger charge is 2.26. The summed E-state index contributed by atoms with van der Waals surface area (Å²) in [5.74, 6) is -0.0295. The number of carbonyl (C=O) groups is 1. The van der Waals surface area contributed by atoms with Gasteiger partial charge in [-0.15, -0.1) is 11.6 Å². The van der Waals surface area contributed by atoms with Crippen LogP contribution in [0.3, 0.4) is 0 Å². The molecule has 0 aliphatic heterocycles. The Balaban J connectivity index is 2.06. The number of aryl methyl sites for hydroxylation is 1. The number of nitrogens with one attached hydrogen (secondary N) is 1. The van der Waals surface area contributed by atoms with E-state index in [-0.39, 0.29) is 17.3 Å². The third-order valence-electron chi connectivity index (χ3n) is 3.17. The largest absolute Gasteiger partial charge is 0.348 e. The van der Waals surface area contributed by atoms with E-state index in [0.717, 1.165) is 29.3 Å². The summed E-state index contributed by atoms with van der Waals surface area (Å²) in [5, 5.41) is 3.08. The van der Waals surface area contributed by atoms with E-state index >= 15 is 0 Å². The van der Waals surface area contributed by atoms with Crippen LogP contribution in [0.1, 0.15) is 35.2 Å². The molecule has 1 aromatic carbocycles. The summed E-state index contributed by atoms with van der Waals surface area (Å²) in [7, 11) is 0. The zero-order valence-electron chi connectivity index (χ0n) is 9.67.